The Morgan fingerprint density at radius 2 is 1.79 bits per heavy atom. The molecule has 0 N–H and O–H groups in total. The van der Waals surface area contributed by atoms with Crippen LogP contribution in [0.4, 0.5) is 5.69 Å². The lowest BCUT2D eigenvalue weighted by Gasteiger charge is -2.26. The molecule has 0 spiro atoms. The second kappa shape index (κ2) is 9.54. The van der Waals surface area contributed by atoms with Crippen molar-refractivity contribution in [2.45, 2.75) is 31.3 Å². The third-order valence-electron chi connectivity index (χ3n) is 5.46. The number of hydrogen-bond donors (Lipinski definition) is 0. The van der Waals surface area contributed by atoms with Gasteiger partial charge in [0.15, 0.2) is 11.5 Å². The van der Waals surface area contributed by atoms with Crippen LogP contribution < -0.4 is 14.4 Å². The number of thiophene rings is 1. The number of amides is 1. The van der Waals surface area contributed by atoms with Gasteiger partial charge in [0.25, 0.3) is 5.91 Å². The van der Waals surface area contributed by atoms with E-state index >= 15 is 0 Å². The Balaban J connectivity index is 1.72. The molecule has 1 aliphatic rings. The van der Waals surface area contributed by atoms with Gasteiger partial charge in [0.2, 0.25) is 10.0 Å². The highest BCUT2D eigenvalue weighted by atomic mass is 32.2. The molecule has 0 saturated heterocycles. The number of benzene rings is 2. The standard InChI is InChI=1S/C24H26N2O5S2/c1-17(2)25(3)33(28,29)21-8-4-6-18(14-21)24(27)26(16-20-7-5-13-32-20)19-9-10-22-23(15-19)31-12-11-30-22/h4-10,13-15,17H,11-12,16H2,1-3H3. The summed E-state index contributed by atoms with van der Waals surface area (Å²) in [6.07, 6.45) is 0. The molecule has 0 unspecified atom stereocenters. The molecule has 0 atom stereocenters. The molecule has 174 valence electrons. The van der Waals surface area contributed by atoms with Gasteiger partial charge in [-0.1, -0.05) is 12.1 Å². The Bertz CT molecular complexity index is 1240. The van der Waals surface area contributed by atoms with Crippen LogP contribution in [0.1, 0.15) is 29.1 Å². The number of carbonyl (C=O) groups is 1. The van der Waals surface area contributed by atoms with Gasteiger partial charge in [0, 0.05) is 35.3 Å². The van der Waals surface area contributed by atoms with Crippen LogP contribution in [0.3, 0.4) is 0 Å². The number of fused-ring (bicyclic) bond motifs is 1. The van der Waals surface area contributed by atoms with Crippen molar-refractivity contribution < 1.29 is 22.7 Å². The zero-order valence-electron chi connectivity index (χ0n) is 18.7. The van der Waals surface area contributed by atoms with Crippen molar-refractivity contribution in [2.24, 2.45) is 0 Å². The second-order valence-corrected chi connectivity index (χ2v) is 11.0. The molecule has 2 aromatic carbocycles. The first-order valence-corrected chi connectivity index (χ1v) is 12.9. The van der Waals surface area contributed by atoms with Crippen molar-refractivity contribution >= 4 is 33.0 Å². The molecule has 7 nitrogen and oxygen atoms in total. The Kier molecular flexibility index (Phi) is 6.73. The topological polar surface area (TPSA) is 76.2 Å². The SMILES string of the molecule is CC(C)N(C)S(=O)(=O)c1cccc(C(=O)N(Cc2cccs2)c2ccc3c(c2)OCCO3)c1. The number of anilines is 1. The molecular weight excluding hydrogens is 460 g/mol. The molecule has 0 aliphatic carbocycles. The zero-order chi connectivity index (χ0) is 23.6. The monoisotopic (exact) mass is 486 g/mol. The first-order chi connectivity index (χ1) is 15.8. The minimum Gasteiger partial charge on any atom is -0.486 e. The van der Waals surface area contributed by atoms with Crippen LogP contribution in [0, 0.1) is 0 Å². The molecule has 1 aromatic heterocycles. The molecule has 33 heavy (non-hydrogen) atoms. The number of nitrogens with zero attached hydrogens (tertiary/aromatic N) is 2. The van der Waals surface area contributed by atoms with Gasteiger partial charge in [0.05, 0.1) is 11.4 Å². The van der Waals surface area contributed by atoms with Crippen LogP contribution in [0.15, 0.2) is 64.9 Å². The van der Waals surface area contributed by atoms with Crippen molar-refractivity contribution in [1.82, 2.24) is 4.31 Å². The van der Waals surface area contributed by atoms with Gasteiger partial charge in [-0.15, -0.1) is 11.3 Å². The summed E-state index contributed by atoms with van der Waals surface area (Å²) < 4.78 is 38.6. The summed E-state index contributed by atoms with van der Waals surface area (Å²) in [5.41, 5.74) is 0.935. The molecule has 9 heteroatoms. The maximum Gasteiger partial charge on any atom is 0.258 e. The van der Waals surface area contributed by atoms with Gasteiger partial charge in [-0.2, -0.15) is 4.31 Å². The van der Waals surface area contributed by atoms with Crippen molar-refractivity contribution in [1.29, 1.82) is 0 Å². The molecular formula is C24H26N2O5S2. The average Bonchev–Trinajstić information content (AvgIpc) is 3.34. The largest absolute Gasteiger partial charge is 0.486 e. The summed E-state index contributed by atoms with van der Waals surface area (Å²) in [7, 11) is -2.18. The van der Waals surface area contributed by atoms with Crippen LogP contribution in [0.5, 0.6) is 11.5 Å². The maximum absolute atomic E-state index is 13.7. The van der Waals surface area contributed by atoms with E-state index in [4.69, 9.17) is 9.47 Å². The summed E-state index contributed by atoms with van der Waals surface area (Å²) in [6.45, 7) is 4.88. The zero-order valence-corrected chi connectivity index (χ0v) is 20.4. The highest BCUT2D eigenvalue weighted by Crippen LogP contribution is 2.35. The Hall–Kier alpha value is -2.88. The lowest BCUT2D eigenvalue weighted by Crippen LogP contribution is -2.33. The van der Waals surface area contributed by atoms with Gasteiger partial charge in [0.1, 0.15) is 13.2 Å². The van der Waals surface area contributed by atoms with E-state index in [0.717, 1.165) is 4.88 Å². The fourth-order valence-electron chi connectivity index (χ4n) is 3.43. The van der Waals surface area contributed by atoms with Crippen molar-refractivity contribution in [3.63, 3.8) is 0 Å². The van der Waals surface area contributed by atoms with Gasteiger partial charge in [-0.05, 0) is 55.6 Å². The van der Waals surface area contributed by atoms with Crippen molar-refractivity contribution in [2.75, 3.05) is 25.2 Å². The van der Waals surface area contributed by atoms with Gasteiger partial charge < -0.3 is 14.4 Å². The summed E-state index contributed by atoms with van der Waals surface area (Å²) in [4.78, 5) is 16.4. The number of sulfonamides is 1. The summed E-state index contributed by atoms with van der Waals surface area (Å²) in [6, 6.07) is 15.3. The smallest absolute Gasteiger partial charge is 0.258 e. The van der Waals surface area contributed by atoms with Crippen LogP contribution in [0.2, 0.25) is 0 Å². The van der Waals surface area contributed by atoms with Crippen molar-refractivity contribution in [3.05, 3.63) is 70.4 Å². The van der Waals surface area contributed by atoms with E-state index in [2.05, 4.69) is 0 Å². The van der Waals surface area contributed by atoms with E-state index in [1.165, 1.54) is 23.5 Å². The predicted octanol–water partition coefficient (Wildman–Crippen LogP) is 4.40. The Labute approximate surface area is 198 Å². The lowest BCUT2D eigenvalue weighted by molar-refractivity contribution is 0.0985. The Morgan fingerprint density at radius 1 is 1.03 bits per heavy atom. The van der Waals surface area contributed by atoms with E-state index in [1.807, 2.05) is 23.6 Å². The Morgan fingerprint density at radius 3 is 2.48 bits per heavy atom. The average molecular weight is 487 g/mol. The van der Waals surface area contributed by atoms with Gasteiger partial charge in [-0.25, -0.2) is 8.42 Å². The quantitative estimate of drug-likeness (QED) is 0.495. The summed E-state index contributed by atoms with van der Waals surface area (Å²) in [5.74, 6) is 0.917. The minimum absolute atomic E-state index is 0.0859. The first kappa shape index (κ1) is 23.3. The van der Waals surface area contributed by atoms with E-state index < -0.39 is 10.0 Å². The second-order valence-electron chi connectivity index (χ2n) is 7.94. The first-order valence-electron chi connectivity index (χ1n) is 10.6. The molecule has 3 aromatic rings. The van der Waals surface area contributed by atoms with E-state index in [0.29, 0.717) is 42.5 Å². The molecule has 2 heterocycles. The van der Waals surface area contributed by atoms with Crippen LogP contribution in [-0.4, -0.2) is 44.9 Å². The molecule has 0 bridgehead atoms. The number of ether oxygens (including phenoxy) is 2. The fraction of sp³-hybridized carbons (Fsp3) is 0.292. The third kappa shape index (κ3) is 4.90. The van der Waals surface area contributed by atoms with E-state index in [-0.39, 0.29) is 16.8 Å². The molecule has 1 aliphatic heterocycles. The summed E-state index contributed by atoms with van der Waals surface area (Å²) >= 11 is 1.55. The molecule has 0 fully saturated rings. The van der Waals surface area contributed by atoms with Gasteiger partial charge in [-0.3, -0.25) is 4.79 Å². The highest BCUT2D eigenvalue weighted by Gasteiger charge is 2.26. The van der Waals surface area contributed by atoms with E-state index in [1.54, 1.807) is 54.3 Å². The molecule has 0 radical (unpaired) electrons. The minimum atomic E-state index is -3.72. The molecule has 1 amide bonds. The number of hydrogen-bond acceptors (Lipinski definition) is 6. The van der Waals surface area contributed by atoms with Crippen LogP contribution >= 0.6 is 11.3 Å². The molecule has 0 saturated carbocycles. The normalized spacial score (nSPS) is 13.4. The fourth-order valence-corrected chi connectivity index (χ4v) is 5.53. The predicted molar refractivity (Wildman–Crippen MR) is 129 cm³/mol. The number of carbonyl (C=O) groups excluding carboxylic acids is 1. The summed E-state index contributed by atoms with van der Waals surface area (Å²) in [5, 5.41) is 1.96. The van der Waals surface area contributed by atoms with E-state index in [9.17, 15) is 13.2 Å². The van der Waals surface area contributed by atoms with Crippen molar-refractivity contribution in [3.8, 4) is 11.5 Å². The highest BCUT2D eigenvalue weighted by molar-refractivity contribution is 7.89. The lowest BCUT2D eigenvalue weighted by atomic mass is 10.1. The molecule has 4 rings (SSSR count). The third-order valence-corrected chi connectivity index (χ3v) is 8.35. The van der Waals surface area contributed by atoms with Crippen LogP contribution in [-0.2, 0) is 16.6 Å². The number of rotatable bonds is 7. The van der Waals surface area contributed by atoms with Gasteiger partial charge >= 0.3 is 0 Å². The maximum atomic E-state index is 13.7. The van der Waals surface area contributed by atoms with Crippen LogP contribution in [0.25, 0.3) is 0 Å².